The molecule has 1 fully saturated rings. The molecule has 1 aliphatic heterocycles. The molecule has 4 rings (SSSR count). The molecule has 0 radical (unpaired) electrons. The van der Waals surface area contributed by atoms with Crippen molar-refractivity contribution in [1.82, 2.24) is 4.98 Å². The van der Waals surface area contributed by atoms with Gasteiger partial charge in [0.2, 0.25) is 0 Å². The van der Waals surface area contributed by atoms with Gasteiger partial charge in [0.1, 0.15) is 10.7 Å². The van der Waals surface area contributed by atoms with E-state index in [0.29, 0.717) is 18.4 Å². The number of ether oxygens (including phenoxy) is 3. The van der Waals surface area contributed by atoms with E-state index in [-0.39, 0.29) is 52.2 Å². The van der Waals surface area contributed by atoms with E-state index >= 15 is 0 Å². The van der Waals surface area contributed by atoms with Crippen LogP contribution in [0.1, 0.15) is 48.2 Å². The summed E-state index contributed by atoms with van der Waals surface area (Å²) in [4.78, 5) is 16.6. The Balaban J connectivity index is 1.70. The topological polar surface area (TPSA) is 128 Å². The maximum atomic E-state index is 13.5. The Labute approximate surface area is 194 Å². The molecule has 2 aromatic rings. The maximum absolute atomic E-state index is 13.5. The highest BCUT2D eigenvalue weighted by atomic mass is 32.2. The summed E-state index contributed by atoms with van der Waals surface area (Å²) >= 11 is 0. The molecule has 0 saturated heterocycles. The van der Waals surface area contributed by atoms with Crippen LogP contribution in [0.25, 0.3) is 0 Å². The van der Waals surface area contributed by atoms with Gasteiger partial charge in [-0.15, -0.1) is 8.78 Å². The number of nitrogens with zero attached hydrogens (tertiary/aromatic N) is 2. The Hall–Kier alpha value is -3.46. The fraction of sp³-hybridized carbons (Fsp3) is 0.409. The van der Waals surface area contributed by atoms with Crippen molar-refractivity contribution in [2.45, 2.75) is 49.8 Å². The lowest BCUT2D eigenvalue weighted by Gasteiger charge is -2.16. The van der Waals surface area contributed by atoms with Crippen molar-refractivity contribution >= 4 is 21.6 Å². The molecule has 0 atom stereocenters. The van der Waals surface area contributed by atoms with Crippen molar-refractivity contribution in [3.8, 4) is 17.6 Å². The SMILES string of the molecule is CCOC(=O)c1cc2c(cc1CNc1ncc(C3(C#N)CC3)cc1S(=O)(=O)CC)OC(F)(F)O2. The number of anilines is 1. The second-order valence-corrected chi connectivity index (χ2v) is 10.1. The minimum absolute atomic E-state index is 0.0112. The summed E-state index contributed by atoms with van der Waals surface area (Å²) in [6.45, 7) is 2.98. The van der Waals surface area contributed by atoms with E-state index in [1.807, 2.05) is 0 Å². The average Bonchev–Trinajstić information content (AvgIpc) is 3.53. The minimum Gasteiger partial charge on any atom is -0.462 e. The summed E-state index contributed by atoms with van der Waals surface area (Å²) in [5.74, 6) is -1.55. The van der Waals surface area contributed by atoms with E-state index in [2.05, 4.69) is 25.8 Å². The van der Waals surface area contributed by atoms with Crippen molar-refractivity contribution in [3.05, 3.63) is 41.1 Å². The predicted molar refractivity (Wildman–Crippen MR) is 114 cm³/mol. The van der Waals surface area contributed by atoms with Gasteiger partial charge in [-0.1, -0.05) is 6.92 Å². The van der Waals surface area contributed by atoms with E-state index in [0.717, 1.165) is 6.07 Å². The molecule has 9 nitrogen and oxygen atoms in total. The summed E-state index contributed by atoms with van der Waals surface area (Å²) < 4.78 is 66.4. The van der Waals surface area contributed by atoms with E-state index in [1.54, 1.807) is 6.92 Å². The molecule has 34 heavy (non-hydrogen) atoms. The van der Waals surface area contributed by atoms with Crippen LogP contribution in [0.3, 0.4) is 0 Å². The monoisotopic (exact) mass is 493 g/mol. The number of alkyl halides is 2. The molecule has 0 spiro atoms. The van der Waals surface area contributed by atoms with Crippen molar-refractivity contribution in [3.63, 3.8) is 0 Å². The summed E-state index contributed by atoms with van der Waals surface area (Å²) in [6, 6.07) is 5.95. The van der Waals surface area contributed by atoms with Gasteiger partial charge in [-0.3, -0.25) is 0 Å². The van der Waals surface area contributed by atoms with Crippen LogP contribution < -0.4 is 14.8 Å². The molecular formula is C22H21F2N3O6S. The van der Waals surface area contributed by atoms with Crippen LogP contribution in [0.5, 0.6) is 11.5 Å². The Morgan fingerprint density at radius 2 is 1.91 bits per heavy atom. The quantitative estimate of drug-likeness (QED) is 0.549. The normalized spacial score (nSPS) is 17.0. The van der Waals surface area contributed by atoms with Gasteiger partial charge in [0.25, 0.3) is 0 Å². The Kier molecular flexibility index (Phi) is 5.85. The fourth-order valence-electron chi connectivity index (χ4n) is 3.58. The van der Waals surface area contributed by atoms with Crippen molar-refractivity contribution in [1.29, 1.82) is 5.26 Å². The van der Waals surface area contributed by atoms with E-state index in [9.17, 15) is 27.3 Å². The third kappa shape index (κ3) is 4.35. The van der Waals surface area contributed by atoms with Crippen LogP contribution in [0, 0.1) is 11.3 Å². The van der Waals surface area contributed by atoms with Crippen LogP contribution >= 0.6 is 0 Å². The number of sulfone groups is 1. The number of nitrogens with one attached hydrogen (secondary N) is 1. The predicted octanol–water partition coefficient (Wildman–Crippen LogP) is 3.54. The molecule has 1 aliphatic carbocycles. The molecule has 0 amide bonds. The minimum atomic E-state index is -3.88. The van der Waals surface area contributed by atoms with Gasteiger partial charge in [-0.2, -0.15) is 5.26 Å². The number of pyridine rings is 1. The standard InChI is InChI=1S/C22H21F2N3O6S/c1-3-31-20(28)15-9-17-16(32-22(23,24)33-17)7-13(15)10-26-19-18(34(29,30)4-2)8-14(11-27-19)21(12-25)5-6-21/h7-9,11H,3-6,10H2,1-2H3,(H,26,27). The van der Waals surface area contributed by atoms with Crippen LogP contribution in [0.15, 0.2) is 29.3 Å². The number of esters is 1. The highest BCUT2D eigenvalue weighted by molar-refractivity contribution is 7.91. The molecule has 0 bridgehead atoms. The van der Waals surface area contributed by atoms with Crippen molar-refractivity contribution in [2.75, 3.05) is 17.7 Å². The average molecular weight is 493 g/mol. The van der Waals surface area contributed by atoms with Gasteiger partial charge in [0.05, 0.1) is 29.4 Å². The molecule has 12 heteroatoms. The second kappa shape index (κ2) is 8.39. The number of aromatic nitrogens is 1. The lowest BCUT2D eigenvalue weighted by Crippen LogP contribution is -2.25. The number of fused-ring (bicyclic) bond motifs is 1. The number of halogens is 2. The highest BCUT2D eigenvalue weighted by Gasteiger charge is 2.46. The largest absolute Gasteiger partial charge is 0.586 e. The molecule has 1 saturated carbocycles. The van der Waals surface area contributed by atoms with Gasteiger partial charge in [-0.25, -0.2) is 18.2 Å². The number of carbonyl (C=O) groups excluding carboxylic acids is 1. The van der Waals surface area contributed by atoms with Crippen molar-refractivity contribution < 1.29 is 36.2 Å². The molecule has 2 heterocycles. The first-order valence-corrected chi connectivity index (χ1v) is 12.2. The van der Waals surface area contributed by atoms with Crippen LogP contribution in [0.2, 0.25) is 0 Å². The fourth-order valence-corrected chi connectivity index (χ4v) is 4.62. The Morgan fingerprint density at radius 3 is 2.50 bits per heavy atom. The van der Waals surface area contributed by atoms with Crippen LogP contribution in [0.4, 0.5) is 14.6 Å². The molecule has 2 aliphatic rings. The summed E-state index contributed by atoms with van der Waals surface area (Å²) in [7, 11) is -3.73. The number of nitriles is 1. The number of carbonyl (C=O) groups is 1. The lowest BCUT2D eigenvalue weighted by atomic mass is 10.00. The van der Waals surface area contributed by atoms with Gasteiger partial charge >= 0.3 is 12.3 Å². The van der Waals surface area contributed by atoms with Crippen LogP contribution in [-0.2, 0) is 26.5 Å². The third-order valence-electron chi connectivity index (χ3n) is 5.65. The van der Waals surface area contributed by atoms with Gasteiger partial charge in [0, 0.05) is 12.7 Å². The molecule has 1 aromatic heterocycles. The number of benzene rings is 1. The first-order chi connectivity index (χ1) is 16.0. The maximum Gasteiger partial charge on any atom is 0.586 e. The molecular weight excluding hydrogens is 472 g/mol. The number of hydrogen-bond donors (Lipinski definition) is 1. The highest BCUT2D eigenvalue weighted by Crippen LogP contribution is 2.48. The summed E-state index contributed by atoms with van der Waals surface area (Å²) in [5.41, 5.74) is -0.0549. The van der Waals surface area contributed by atoms with E-state index in [1.165, 1.54) is 25.3 Å². The zero-order chi connectivity index (χ0) is 24.7. The third-order valence-corrected chi connectivity index (χ3v) is 7.39. The van der Waals surface area contributed by atoms with Gasteiger partial charge in [0.15, 0.2) is 21.3 Å². The number of hydrogen-bond acceptors (Lipinski definition) is 9. The van der Waals surface area contributed by atoms with Crippen LogP contribution in [-0.4, -0.2) is 38.0 Å². The summed E-state index contributed by atoms with van der Waals surface area (Å²) in [5, 5.41) is 12.3. The molecule has 1 aromatic carbocycles. The second-order valence-electron chi connectivity index (χ2n) is 7.87. The van der Waals surface area contributed by atoms with Crippen molar-refractivity contribution in [2.24, 2.45) is 0 Å². The molecule has 0 unspecified atom stereocenters. The van der Waals surface area contributed by atoms with Gasteiger partial charge < -0.3 is 19.5 Å². The Bertz CT molecular complexity index is 1300. The zero-order valence-electron chi connectivity index (χ0n) is 18.4. The lowest BCUT2D eigenvalue weighted by molar-refractivity contribution is -0.286. The first kappa shape index (κ1) is 23.7. The van der Waals surface area contributed by atoms with E-state index in [4.69, 9.17) is 4.74 Å². The number of rotatable bonds is 8. The smallest absolute Gasteiger partial charge is 0.462 e. The molecule has 180 valence electrons. The van der Waals surface area contributed by atoms with E-state index < -0.39 is 27.5 Å². The molecule has 1 N–H and O–H groups in total. The zero-order valence-corrected chi connectivity index (χ0v) is 19.2. The van der Waals surface area contributed by atoms with Gasteiger partial charge in [-0.05, 0) is 49.1 Å². The summed E-state index contributed by atoms with van der Waals surface area (Å²) in [6.07, 6.45) is -1.19. The Morgan fingerprint density at radius 1 is 1.24 bits per heavy atom. The first-order valence-electron chi connectivity index (χ1n) is 10.5.